The minimum atomic E-state index is 0.0368. The maximum atomic E-state index is 12.4. The second-order valence-corrected chi connectivity index (χ2v) is 6.03. The fraction of sp³-hybridized carbons (Fsp3) is 0.263. The Bertz CT molecular complexity index is 1090. The van der Waals surface area contributed by atoms with Crippen LogP contribution in [0.25, 0.3) is 32.7 Å². The summed E-state index contributed by atoms with van der Waals surface area (Å²) in [6, 6.07) is 10.1. The topological polar surface area (TPSA) is 39.8 Å². The summed E-state index contributed by atoms with van der Waals surface area (Å²) in [6.07, 6.45) is 5.94. The van der Waals surface area contributed by atoms with E-state index in [1.165, 1.54) is 0 Å². The zero-order chi connectivity index (χ0) is 16.0. The molecule has 0 radical (unpaired) electrons. The van der Waals surface area contributed by atoms with Crippen LogP contribution >= 0.6 is 0 Å². The molecule has 4 aromatic rings. The van der Waals surface area contributed by atoms with Crippen molar-refractivity contribution in [3.8, 4) is 0 Å². The molecule has 0 N–H and O–H groups in total. The summed E-state index contributed by atoms with van der Waals surface area (Å²) in [5, 5.41) is 2.83. The average molecular weight is 305 g/mol. The van der Waals surface area contributed by atoms with Crippen LogP contribution in [0, 0.1) is 0 Å². The molecule has 3 heterocycles. The monoisotopic (exact) mass is 305 g/mol. The molecule has 116 valence electrons. The van der Waals surface area contributed by atoms with Crippen LogP contribution in [0.3, 0.4) is 0 Å². The van der Waals surface area contributed by atoms with Crippen molar-refractivity contribution >= 4 is 32.7 Å². The number of hydrogen-bond acceptors (Lipinski definition) is 2. The predicted octanol–water partition coefficient (Wildman–Crippen LogP) is 3.84. The molecule has 4 nitrogen and oxygen atoms in total. The van der Waals surface area contributed by atoms with Gasteiger partial charge in [-0.3, -0.25) is 9.78 Å². The van der Waals surface area contributed by atoms with Crippen LogP contribution in [0.4, 0.5) is 0 Å². The van der Waals surface area contributed by atoms with Gasteiger partial charge in [-0.25, -0.2) is 0 Å². The first-order chi connectivity index (χ1) is 11.2. The van der Waals surface area contributed by atoms with E-state index in [9.17, 15) is 4.79 Å². The molecule has 3 aromatic heterocycles. The minimum absolute atomic E-state index is 0.0368. The molecular formula is C19H19N3O. The normalized spacial score (nSPS) is 11.7. The van der Waals surface area contributed by atoms with Crippen LogP contribution in [-0.2, 0) is 13.6 Å². The van der Waals surface area contributed by atoms with E-state index in [0.717, 1.165) is 52.1 Å². The molecule has 4 rings (SSSR count). The Balaban J connectivity index is 2.21. The quantitative estimate of drug-likeness (QED) is 0.577. The van der Waals surface area contributed by atoms with Crippen LogP contribution < -0.4 is 5.56 Å². The Labute approximate surface area is 134 Å². The molecule has 23 heavy (non-hydrogen) atoms. The van der Waals surface area contributed by atoms with Gasteiger partial charge in [0.1, 0.15) is 0 Å². The van der Waals surface area contributed by atoms with E-state index in [0.29, 0.717) is 0 Å². The van der Waals surface area contributed by atoms with Gasteiger partial charge in [0.2, 0.25) is 0 Å². The van der Waals surface area contributed by atoms with E-state index >= 15 is 0 Å². The summed E-state index contributed by atoms with van der Waals surface area (Å²) in [4.78, 5) is 17.0. The fourth-order valence-electron chi connectivity index (χ4n) is 3.38. The summed E-state index contributed by atoms with van der Waals surface area (Å²) in [5.41, 5.74) is 3.32. The molecule has 0 saturated heterocycles. The van der Waals surface area contributed by atoms with Gasteiger partial charge < -0.3 is 9.13 Å². The molecule has 0 bridgehead atoms. The molecule has 0 amide bonds. The molecule has 0 spiro atoms. The van der Waals surface area contributed by atoms with E-state index in [2.05, 4.69) is 28.6 Å². The molecule has 0 saturated carbocycles. The number of pyridine rings is 2. The third-order valence-electron chi connectivity index (χ3n) is 4.58. The Kier molecular flexibility index (Phi) is 3.18. The zero-order valence-electron chi connectivity index (χ0n) is 13.4. The summed E-state index contributed by atoms with van der Waals surface area (Å²) in [6.45, 7) is 3.17. The van der Waals surface area contributed by atoms with Crippen molar-refractivity contribution in [1.29, 1.82) is 0 Å². The molecule has 0 fully saturated rings. The predicted molar refractivity (Wildman–Crippen MR) is 94.9 cm³/mol. The molecule has 4 heteroatoms. The summed E-state index contributed by atoms with van der Waals surface area (Å²) >= 11 is 0. The highest BCUT2D eigenvalue weighted by molar-refractivity contribution is 6.19. The molecule has 0 atom stereocenters. The van der Waals surface area contributed by atoms with E-state index in [1.807, 2.05) is 30.6 Å². The van der Waals surface area contributed by atoms with Crippen LogP contribution in [0.15, 0.2) is 47.5 Å². The molecule has 0 aliphatic rings. The van der Waals surface area contributed by atoms with Crippen molar-refractivity contribution in [2.45, 2.75) is 26.3 Å². The van der Waals surface area contributed by atoms with Gasteiger partial charge in [0.15, 0.2) is 0 Å². The molecule has 0 unspecified atom stereocenters. The number of unbranched alkanes of at least 4 members (excludes halogenated alkanes) is 1. The Morgan fingerprint density at radius 1 is 1.09 bits per heavy atom. The largest absolute Gasteiger partial charge is 0.339 e. The number of fused-ring (bicyclic) bond motifs is 5. The number of hydrogen-bond donors (Lipinski definition) is 0. The van der Waals surface area contributed by atoms with Crippen molar-refractivity contribution in [1.82, 2.24) is 14.1 Å². The summed E-state index contributed by atoms with van der Waals surface area (Å²) in [5.74, 6) is 0. The highest BCUT2D eigenvalue weighted by Gasteiger charge is 2.15. The maximum Gasteiger partial charge on any atom is 0.258 e. The third kappa shape index (κ3) is 1.98. The van der Waals surface area contributed by atoms with Gasteiger partial charge in [-0.1, -0.05) is 13.3 Å². The summed E-state index contributed by atoms with van der Waals surface area (Å²) in [7, 11) is 1.79. The van der Waals surface area contributed by atoms with Crippen molar-refractivity contribution in [2.75, 3.05) is 0 Å². The van der Waals surface area contributed by atoms with Gasteiger partial charge in [-0.15, -0.1) is 0 Å². The highest BCUT2D eigenvalue weighted by atomic mass is 16.1. The smallest absolute Gasteiger partial charge is 0.258 e. The first kappa shape index (κ1) is 14.0. The SMILES string of the molecule is CCCCn1c2cccnc2c2c3ccn(C)c(=O)c3ccc21. The van der Waals surface area contributed by atoms with Crippen LogP contribution in [0.1, 0.15) is 19.8 Å². The van der Waals surface area contributed by atoms with Crippen molar-refractivity contribution < 1.29 is 0 Å². The number of benzene rings is 1. The van der Waals surface area contributed by atoms with Gasteiger partial charge in [0.25, 0.3) is 5.56 Å². The number of rotatable bonds is 3. The lowest BCUT2D eigenvalue weighted by atomic mass is 10.1. The van der Waals surface area contributed by atoms with Gasteiger partial charge in [0, 0.05) is 42.1 Å². The van der Waals surface area contributed by atoms with Crippen LogP contribution in [0.2, 0.25) is 0 Å². The maximum absolute atomic E-state index is 12.4. The number of aromatic nitrogens is 3. The third-order valence-corrected chi connectivity index (χ3v) is 4.58. The Hall–Kier alpha value is -2.62. The van der Waals surface area contributed by atoms with E-state index in [4.69, 9.17) is 0 Å². The number of nitrogens with zero attached hydrogens (tertiary/aromatic N) is 3. The van der Waals surface area contributed by atoms with Crippen molar-refractivity contribution in [3.05, 3.63) is 53.1 Å². The van der Waals surface area contributed by atoms with Crippen molar-refractivity contribution in [2.24, 2.45) is 7.05 Å². The van der Waals surface area contributed by atoms with Gasteiger partial charge >= 0.3 is 0 Å². The van der Waals surface area contributed by atoms with E-state index in [-0.39, 0.29) is 5.56 Å². The molecule has 0 aliphatic carbocycles. The molecule has 0 aliphatic heterocycles. The second kappa shape index (κ2) is 5.23. The lowest BCUT2D eigenvalue weighted by Gasteiger charge is -2.07. The Morgan fingerprint density at radius 3 is 2.78 bits per heavy atom. The lowest BCUT2D eigenvalue weighted by Crippen LogP contribution is -2.15. The minimum Gasteiger partial charge on any atom is -0.339 e. The Morgan fingerprint density at radius 2 is 1.96 bits per heavy atom. The fourth-order valence-corrected chi connectivity index (χ4v) is 3.38. The van der Waals surface area contributed by atoms with E-state index < -0.39 is 0 Å². The lowest BCUT2D eigenvalue weighted by molar-refractivity contribution is 0.665. The van der Waals surface area contributed by atoms with E-state index in [1.54, 1.807) is 11.6 Å². The second-order valence-electron chi connectivity index (χ2n) is 6.03. The molecular weight excluding hydrogens is 286 g/mol. The average Bonchev–Trinajstić information content (AvgIpc) is 2.90. The van der Waals surface area contributed by atoms with Crippen molar-refractivity contribution in [3.63, 3.8) is 0 Å². The first-order valence-corrected chi connectivity index (χ1v) is 8.07. The van der Waals surface area contributed by atoms with Crippen LogP contribution in [-0.4, -0.2) is 14.1 Å². The highest BCUT2D eigenvalue weighted by Crippen LogP contribution is 2.32. The van der Waals surface area contributed by atoms with Gasteiger partial charge in [-0.2, -0.15) is 0 Å². The molecule has 1 aromatic carbocycles. The van der Waals surface area contributed by atoms with Gasteiger partial charge in [-0.05, 0) is 36.8 Å². The van der Waals surface area contributed by atoms with Gasteiger partial charge in [0.05, 0.1) is 16.6 Å². The first-order valence-electron chi connectivity index (χ1n) is 8.07. The zero-order valence-corrected chi connectivity index (χ0v) is 13.4. The standard InChI is InChI=1S/C19H19N3O/c1-3-4-11-22-15-8-7-14-13(9-12-21(2)19(14)23)17(15)18-16(22)6-5-10-20-18/h5-10,12H,3-4,11H2,1-2H3. The van der Waals surface area contributed by atoms with Crippen LogP contribution in [0.5, 0.6) is 0 Å². The summed E-state index contributed by atoms with van der Waals surface area (Å²) < 4.78 is 3.95. The number of aryl methyl sites for hydroxylation is 2.